The molecule has 0 saturated heterocycles. The van der Waals surface area contributed by atoms with E-state index >= 15 is 0 Å². The molecule has 0 fully saturated rings. The van der Waals surface area contributed by atoms with Crippen LogP contribution in [0.4, 0.5) is 5.13 Å². The highest BCUT2D eigenvalue weighted by atomic mass is 35.5. The number of hydrogen-bond acceptors (Lipinski definition) is 3. The Hall–Kier alpha value is -2.43. The second-order valence-electron chi connectivity index (χ2n) is 5.13. The van der Waals surface area contributed by atoms with Crippen LogP contribution in [0, 0.1) is 0 Å². The zero-order valence-corrected chi connectivity index (χ0v) is 14.3. The van der Waals surface area contributed by atoms with Gasteiger partial charge in [-0.3, -0.25) is 10.1 Å². The van der Waals surface area contributed by atoms with Gasteiger partial charge in [-0.15, -0.1) is 11.3 Å². The van der Waals surface area contributed by atoms with Gasteiger partial charge in [0.2, 0.25) is 5.91 Å². The molecule has 3 aromatic rings. The summed E-state index contributed by atoms with van der Waals surface area (Å²) in [6.07, 6.45) is 5.75. The van der Waals surface area contributed by atoms with Crippen molar-refractivity contribution in [3.63, 3.8) is 0 Å². The summed E-state index contributed by atoms with van der Waals surface area (Å²) in [5, 5.41) is 4.10. The highest BCUT2D eigenvalue weighted by Crippen LogP contribution is 2.24. The van der Waals surface area contributed by atoms with Crippen LogP contribution in [0.2, 0.25) is 5.02 Å². The van der Waals surface area contributed by atoms with Gasteiger partial charge in [-0.2, -0.15) is 0 Å². The molecule has 3 nitrogen and oxygen atoms in total. The number of carbonyl (C=O) groups excluding carboxylic acids is 1. The molecule has 1 amide bonds. The summed E-state index contributed by atoms with van der Waals surface area (Å²) in [6.45, 7) is 0. The number of amides is 1. The molecule has 120 valence electrons. The Morgan fingerprint density at radius 3 is 2.67 bits per heavy atom. The number of thiazole rings is 1. The van der Waals surface area contributed by atoms with Gasteiger partial charge >= 0.3 is 0 Å². The lowest BCUT2D eigenvalue weighted by atomic mass is 10.1. The molecule has 0 unspecified atom stereocenters. The van der Waals surface area contributed by atoms with Gasteiger partial charge in [0.1, 0.15) is 0 Å². The van der Waals surface area contributed by atoms with Gasteiger partial charge in [0.15, 0.2) is 5.13 Å². The fourth-order valence-electron chi connectivity index (χ4n) is 2.16. The molecule has 0 bridgehead atoms. The molecule has 0 spiro atoms. The Bertz CT molecular complexity index is 859. The van der Waals surface area contributed by atoms with Crippen molar-refractivity contribution in [2.75, 3.05) is 5.32 Å². The molecule has 0 saturated carbocycles. The van der Waals surface area contributed by atoms with Crippen LogP contribution in [-0.4, -0.2) is 10.9 Å². The van der Waals surface area contributed by atoms with Crippen LogP contribution in [0.3, 0.4) is 0 Å². The summed E-state index contributed by atoms with van der Waals surface area (Å²) in [4.78, 5) is 17.2. The van der Waals surface area contributed by atoms with E-state index in [1.54, 1.807) is 12.3 Å². The van der Waals surface area contributed by atoms with Gasteiger partial charge in [0.05, 0.1) is 0 Å². The van der Waals surface area contributed by atoms with Crippen LogP contribution >= 0.6 is 22.9 Å². The summed E-state index contributed by atoms with van der Waals surface area (Å²) in [5.41, 5.74) is 2.02. The number of benzene rings is 2. The molecule has 24 heavy (non-hydrogen) atoms. The Balaban J connectivity index is 1.61. The van der Waals surface area contributed by atoms with E-state index in [2.05, 4.69) is 10.3 Å². The van der Waals surface area contributed by atoms with Crippen molar-refractivity contribution in [1.29, 1.82) is 0 Å². The van der Waals surface area contributed by atoms with Crippen molar-refractivity contribution in [3.05, 3.63) is 87.9 Å². The molecule has 5 heteroatoms. The van der Waals surface area contributed by atoms with Crippen LogP contribution in [0.5, 0.6) is 0 Å². The van der Waals surface area contributed by atoms with E-state index in [4.69, 9.17) is 11.6 Å². The van der Waals surface area contributed by atoms with Crippen LogP contribution in [-0.2, 0) is 11.2 Å². The first-order valence-corrected chi connectivity index (χ1v) is 8.62. The minimum atomic E-state index is -0.197. The minimum Gasteiger partial charge on any atom is -0.298 e. The molecular weight excluding hydrogens is 340 g/mol. The van der Waals surface area contributed by atoms with Crippen molar-refractivity contribution < 1.29 is 4.79 Å². The quantitative estimate of drug-likeness (QED) is 0.652. The van der Waals surface area contributed by atoms with E-state index in [1.165, 1.54) is 17.4 Å². The predicted molar refractivity (Wildman–Crippen MR) is 100 cm³/mol. The molecule has 0 aliphatic heterocycles. The van der Waals surface area contributed by atoms with Gasteiger partial charge < -0.3 is 0 Å². The molecule has 0 aliphatic carbocycles. The fraction of sp³-hybridized carbons (Fsp3) is 0.0526. The molecule has 0 radical (unpaired) electrons. The number of halogens is 1. The van der Waals surface area contributed by atoms with E-state index in [1.807, 2.05) is 54.6 Å². The smallest absolute Gasteiger partial charge is 0.250 e. The third-order valence-corrected chi connectivity index (χ3v) is 4.61. The summed E-state index contributed by atoms with van der Waals surface area (Å²) < 4.78 is 0. The van der Waals surface area contributed by atoms with E-state index < -0.39 is 0 Å². The largest absolute Gasteiger partial charge is 0.298 e. The van der Waals surface area contributed by atoms with Gasteiger partial charge in [0, 0.05) is 28.6 Å². The number of nitrogens with one attached hydrogen (secondary N) is 1. The average molecular weight is 355 g/mol. The molecule has 2 aromatic carbocycles. The van der Waals surface area contributed by atoms with Crippen LogP contribution in [0.15, 0.2) is 66.9 Å². The molecule has 3 rings (SSSR count). The maximum absolute atomic E-state index is 12.0. The van der Waals surface area contributed by atoms with Crippen molar-refractivity contribution in [1.82, 2.24) is 4.98 Å². The minimum absolute atomic E-state index is 0.197. The predicted octanol–water partition coefficient (Wildman–Crippen LogP) is 5.04. The number of carbonyl (C=O) groups is 1. The first-order chi connectivity index (χ1) is 11.7. The Labute approximate surface area is 149 Å². The van der Waals surface area contributed by atoms with E-state index in [9.17, 15) is 4.79 Å². The molecule has 1 aromatic heterocycles. The van der Waals surface area contributed by atoms with E-state index in [0.717, 1.165) is 21.0 Å². The second-order valence-corrected chi connectivity index (χ2v) is 6.66. The molecular formula is C19H15ClN2OS. The normalized spacial score (nSPS) is 10.9. The number of rotatable bonds is 5. The fourth-order valence-corrected chi connectivity index (χ4v) is 3.20. The molecule has 1 N–H and O–H groups in total. The molecule has 0 atom stereocenters. The van der Waals surface area contributed by atoms with Crippen LogP contribution in [0.1, 0.15) is 16.0 Å². The number of nitrogens with zero attached hydrogens (tertiary/aromatic N) is 1. The number of anilines is 1. The lowest BCUT2D eigenvalue weighted by Gasteiger charge is -2.00. The summed E-state index contributed by atoms with van der Waals surface area (Å²) in [7, 11) is 0. The second kappa shape index (κ2) is 7.90. The lowest BCUT2D eigenvalue weighted by molar-refractivity contribution is -0.111. The molecule has 0 aliphatic rings. The van der Waals surface area contributed by atoms with Crippen molar-refractivity contribution >= 4 is 40.1 Å². The topological polar surface area (TPSA) is 42.0 Å². The van der Waals surface area contributed by atoms with Crippen molar-refractivity contribution in [3.8, 4) is 0 Å². The molecule has 1 heterocycles. The Morgan fingerprint density at radius 2 is 1.88 bits per heavy atom. The zero-order chi connectivity index (χ0) is 16.8. The Morgan fingerprint density at radius 1 is 1.12 bits per heavy atom. The maximum Gasteiger partial charge on any atom is 0.250 e. The maximum atomic E-state index is 12.0. The summed E-state index contributed by atoms with van der Waals surface area (Å²) in [6, 6.07) is 17.4. The van der Waals surface area contributed by atoms with Crippen molar-refractivity contribution in [2.45, 2.75) is 6.42 Å². The Kier molecular flexibility index (Phi) is 5.41. The highest BCUT2D eigenvalue weighted by Gasteiger charge is 2.07. The monoisotopic (exact) mass is 354 g/mol. The van der Waals surface area contributed by atoms with Crippen molar-refractivity contribution in [2.24, 2.45) is 0 Å². The van der Waals surface area contributed by atoms with Gasteiger partial charge in [0.25, 0.3) is 0 Å². The average Bonchev–Trinajstić information content (AvgIpc) is 3.03. The van der Waals surface area contributed by atoms with Gasteiger partial charge in [-0.1, -0.05) is 60.1 Å². The summed E-state index contributed by atoms with van der Waals surface area (Å²) in [5.74, 6) is -0.197. The van der Waals surface area contributed by atoms with Gasteiger partial charge in [-0.05, 0) is 23.3 Å². The third-order valence-electron chi connectivity index (χ3n) is 3.33. The third kappa shape index (κ3) is 4.54. The first-order valence-electron chi connectivity index (χ1n) is 7.43. The lowest BCUT2D eigenvalue weighted by Crippen LogP contribution is -2.06. The van der Waals surface area contributed by atoms with E-state index in [0.29, 0.717) is 11.6 Å². The zero-order valence-electron chi connectivity index (χ0n) is 12.8. The SMILES string of the molecule is O=C(/C=C/c1ccccc1)Nc1ncc(Cc2ccccc2Cl)s1. The van der Waals surface area contributed by atoms with Gasteiger partial charge in [-0.25, -0.2) is 4.98 Å². The number of aromatic nitrogens is 1. The highest BCUT2D eigenvalue weighted by molar-refractivity contribution is 7.15. The number of hydrogen-bond donors (Lipinski definition) is 1. The first kappa shape index (κ1) is 16.4. The van der Waals surface area contributed by atoms with Crippen LogP contribution in [0.25, 0.3) is 6.08 Å². The summed E-state index contributed by atoms with van der Waals surface area (Å²) >= 11 is 7.62. The van der Waals surface area contributed by atoms with Crippen LogP contribution < -0.4 is 5.32 Å². The van der Waals surface area contributed by atoms with E-state index in [-0.39, 0.29) is 5.91 Å². The standard InChI is InChI=1S/C19H15ClN2OS/c20-17-9-5-4-8-15(17)12-16-13-21-19(24-16)22-18(23)11-10-14-6-2-1-3-7-14/h1-11,13H,12H2,(H,21,22,23)/b11-10+.